The van der Waals surface area contributed by atoms with Crippen LogP contribution in [0.2, 0.25) is 5.02 Å². The molecule has 3 heteroatoms. The number of unbranched alkanes of at least 4 members (excludes halogenated alkanes) is 1. The summed E-state index contributed by atoms with van der Waals surface area (Å²) in [5.41, 5.74) is 1.19. The molecule has 0 spiro atoms. The molecular formula is C16H27ClN2. The summed E-state index contributed by atoms with van der Waals surface area (Å²) in [5, 5.41) is 4.35. The molecule has 108 valence electrons. The minimum atomic E-state index is 0.349. The molecule has 0 aliphatic heterocycles. The lowest BCUT2D eigenvalue weighted by Crippen LogP contribution is -2.24. The van der Waals surface area contributed by atoms with Crippen LogP contribution in [0.1, 0.15) is 64.5 Å². The molecular weight excluding hydrogens is 256 g/mol. The van der Waals surface area contributed by atoms with Gasteiger partial charge in [-0.05, 0) is 30.5 Å². The molecule has 1 rings (SSSR count). The lowest BCUT2D eigenvalue weighted by atomic mass is 9.89. The zero-order valence-corrected chi connectivity index (χ0v) is 13.2. The van der Waals surface area contributed by atoms with Gasteiger partial charge in [0, 0.05) is 18.4 Å². The Bertz CT molecular complexity index is 354. The highest BCUT2D eigenvalue weighted by Crippen LogP contribution is 2.30. The van der Waals surface area contributed by atoms with E-state index in [-0.39, 0.29) is 0 Å². The molecule has 0 amide bonds. The molecule has 0 fully saturated rings. The number of hydrogen-bond acceptors (Lipinski definition) is 2. The van der Waals surface area contributed by atoms with E-state index in [1.807, 2.05) is 12.3 Å². The quantitative estimate of drug-likeness (QED) is 0.690. The van der Waals surface area contributed by atoms with Crippen molar-refractivity contribution in [2.75, 3.05) is 6.54 Å². The van der Waals surface area contributed by atoms with Gasteiger partial charge in [0.25, 0.3) is 0 Å². The summed E-state index contributed by atoms with van der Waals surface area (Å²) in [6.07, 6.45) is 9.89. The van der Waals surface area contributed by atoms with E-state index in [0.717, 1.165) is 23.9 Å². The second-order valence-electron chi connectivity index (χ2n) is 5.16. The van der Waals surface area contributed by atoms with E-state index in [0.29, 0.717) is 6.04 Å². The summed E-state index contributed by atoms with van der Waals surface area (Å²) in [5.74, 6) is 0.772. The van der Waals surface area contributed by atoms with E-state index in [1.165, 1.54) is 31.2 Å². The zero-order chi connectivity index (χ0) is 14.1. The molecule has 0 bridgehead atoms. The Hall–Kier alpha value is -0.600. The Balaban J connectivity index is 2.74. The highest BCUT2D eigenvalue weighted by molar-refractivity contribution is 6.31. The van der Waals surface area contributed by atoms with Gasteiger partial charge in [-0.25, -0.2) is 0 Å². The summed E-state index contributed by atoms with van der Waals surface area (Å²) in [7, 11) is 0. The summed E-state index contributed by atoms with van der Waals surface area (Å²) in [6, 6.07) is 2.39. The van der Waals surface area contributed by atoms with Gasteiger partial charge in [-0.3, -0.25) is 4.98 Å². The monoisotopic (exact) mass is 282 g/mol. The largest absolute Gasteiger partial charge is 0.310 e. The van der Waals surface area contributed by atoms with Gasteiger partial charge in [0.2, 0.25) is 0 Å². The van der Waals surface area contributed by atoms with Gasteiger partial charge >= 0.3 is 0 Å². The van der Waals surface area contributed by atoms with Crippen molar-refractivity contribution in [2.45, 2.75) is 58.9 Å². The first-order valence-electron chi connectivity index (χ1n) is 7.55. The molecule has 0 aromatic carbocycles. The standard InChI is InChI=1S/C16H27ClN2/c1-4-7-8-13(5-2)11-16(19-6-3)14-9-10-18-12-15(14)17/h9-10,12-13,16,19H,4-8,11H2,1-3H3. The summed E-state index contributed by atoms with van der Waals surface area (Å²) < 4.78 is 0. The van der Waals surface area contributed by atoms with E-state index in [1.54, 1.807) is 6.20 Å². The van der Waals surface area contributed by atoms with Gasteiger partial charge in [-0.2, -0.15) is 0 Å². The number of nitrogens with one attached hydrogen (secondary N) is 1. The normalized spacial score (nSPS) is 14.3. The van der Waals surface area contributed by atoms with Gasteiger partial charge in [-0.1, -0.05) is 58.1 Å². The van der Waals surface area contributed by atoms with Gasteiger partial charge in [0.1, 0.15) is 0 Å². The Morgan fingerprint density at radius 3 is 2.68 bits per heavy atom. The van der Waals surface area contributed by atoms with E-state index in [2.05, 4.69) is 31.1 Å². The number of pyridine rings is 1. The Morgan fingerprint density at radius 2 is 2.11 bits per heavy atom. The fourth-order valence-electron chi connectivity index (χ4n) is 2.55. The van der Waals surface area contributed by atoms with Gasteiger partial charge in [-0.15, -0.1) is 0 Å². The lowest BCUT2D eigenvalue weighted by molar-refractivity contribution is 0.357. The molecule has 0 aliphatic carbocycles. The third-order valence-electron chi connectivity index (χ3n) is 3.74. The van der Waals surface area contributed by atoms with Gasteiger partial charge in [0.15, 0.2) is 0 Å². The van der Waals surface area contributed by atoms with Crippen LogP contribution in [0.4, 0.5) is 0 Å². The minimum absolute atomic E-state index is 0.349. The second kappa shape index (κ2) is 9.33. The topological polar surface area (TPSA) is 24.9 Å². The first-order chi connectivity index (χ1) is 9.22. The van der Waals surface area contributed by atoms with Crippen LogP contribution in [0.25, 0.3) is 0 Å². The third kappa shape index (κ3) is 5.50. The number of halogens is 1. The Kier molecular flexibility index (Phi) is 8.08. The number of nitrogens with zero attached hydrogens (tertiary/aromatic N) is 1. The van der Waals surface area contributed by atoms with Crippen LogP contribution in [0, 0.1) is 5.92 Å². The summed E-state index contributed by atoms with van der Waals surface area (Å²) in [4.78, 5) is 4.08. The van der Waals surface area contributed by atoms with Crippen molar-refractivity contribution in [2.24, 2.45) is 5.92 Å². The Morgan fingerprint density at radius 1 is 1.32 bits per heavy atom. The smallest absolute Gasteiger partial charge is 0.0637 e. The SMILES string of the molecule is CCCCC(CC)CC(NCC)c1ccncc1Cl. The van der Waals surface area contributed by atoms with Crippen LogP contribution < -0.4 is 5.32 Å². The fraction of sp³-hybridized carbons (Fsp3) is 0.688. The molecule has 0 radical (unpaired) electrons. The minimum Gasteiger partial charge on any atom is -0.310 e. The van der Waals surface area contributed by atoms with Gasteiger partial charge < -0.3 is 5.32 Å². The van der Waals surface area contributed by atoms with Crippen LogP contribution in [-0.2, 0) is 0 Å². The molecule has 1 aromatic heterocycles. The molecule has 1 aromatic rings. The molecule has 0 aliphatic rings. The van der Waals surface area contributed by atoms with Crippen molar-refractivity contribution in [3.8, 4) is 0 Å². The highest BCUT2D eigenvalue weighted by Gasteiger charge is 2.18. The Labute approximate surface area is 123 Å². The average Bonchev–Trinajstić information content (AvgIpc) is 2.43. The van der Waals surface area contributed by atoms with Crippen LogP contribution in [-0.4, -0.2) is 11.5 Å². The van der Waals surface area contributed by atoms with Crippen molar-refractivity contribution in [3.63, 3.8) is 0 Å². The number of hydrogen-bond donors (Lipinski definition) is 1. The van der Waals surface area contributed by atoms with Crippen LogP contribution in [0.15, 0.2) is 18.5 Å². The van der Waals surface area contributed by atoms with Gasteiger partial charge in [0.05, 0.1) is 5.02 Å². The predicted molar refractivity (Wildman–Crippen MR) is 83.6 cm³/mol. The summed E-state index contributed by atoms with van der Waals surface area (Å²) in [6.45, 7) is 7.66. The number of rotatable bonds is 9. The zero-order valence-electron chi connectivity index (χ0n) is 12.5. The van der Waals surface area contributed by atoms with Crippen molar-refractivity contribution in [1.82, 2.24) is 10.3 Å². The maximum atomic E-state index is 6.28. The molecule has 1 heterocycles. The third-order valence-corrected chi connectivity index (χ3v) is 4.06. The first-order valence-corrected chi connectivity index (χ1v) is 7.93. The highest BCUT2D eigenvalue weighted by atomic mass is 35.5. The molecule has 0 saturated heterocycles. The van der Waals surface area contributed by atoms with Crippen LogP contribution in [0.5, 0.6) is 0 Å². The molecule has 19 heavy (non-hydrogen) atoms. The van der Waals surface area contributed by atoms with E-state index < -0.39 is 0 Å². The van der Waals surface area contributed by atoms with E-state index in [4.69, 9.17) is 11.6 Å². The molecule has 2 unspecified atom stereocenters. The van der Waals surface area contributed by atoms with Crippen LogP contribution >= 0.6 is 11.6 Å². The fourth-order valence-corrected chi connectivity index (χ4v) is 2.80. The van der Waals surface area contributed by atoms with Crippen molar-refractivity contribution >= 4 is 11.6 Å². The van der Waals surface area contributed by atoms with Crippen molar-refractivity contribution < 1.29 is 0 Å². The first kappa shape index (κ1) is 16.5. The molecule has 2 atom stereocenters. The maximum Gasteiger partial charge on any atom is 0.0637 e. The number of aromatic nitrogens is 1. The van der Waals surface area contributed by atoms with E-state index in [9.17, 15) is 0 Å². The predicted octanol–water partition coefficient (Wildman–Crippen LogP) is 4.99. The molecule has 1 N–H and O–H groups in total. The maximum absolute atomic E-state index is 6.28. The van der Waals surface area contributed by atoms with Crippen molar-refractivity contribution in [1.29, 1.82) is 0 Å². The van der Waals surface area contributed by atoms with E-state index >= 15 is 0 Å². The summed E-state index contributed by atoms with van der Waals surface area (Å²) >= 11 is 6.28. The molecule has 2 nitrogen and oxygen atoms in total. The average molecular weight is 283 g/mol. The van der Waals surface area contributed by atoms with Crippen molar-refractivity contribution in [3.05, 3.63) is 29.0 Å². The molecule has 0 saturated carbocycles. The second-order valence-corrected chi connectivity index (χ2v) is 5.57. The lowest BCUT2D eigenvalue weighted by Gasteiger charge is -2.24. The van der Waals surface area contributed by atoms with Crippen LogP contribution in [0.3, 0.4) is 0 Å².